The molecule has 20 heavy (non-hydrogen) atoms. The van der Waals surface area contributed by atoms with E-state index < -0.39 is 0 Å². The van der Waals surface area contributed by atoms with Crippen LogP contribution in [0.4, 0.5) is 0 Å². The molecule has 3 rings (SSSR count). The summed E-state index contributed by atoms with van der Waals surface area (Å²) in [6.45, 7) is 6.63. The SMILES string of the molecule is Cc1ccc(C)c(C(C)NC2CSc3ccccc32)c1. The first kappa shape index (κ1) is 13.7. The highest BCUT2D eigenvalue weighted by Crippen LogP contribution is 2.39. The van der Waals surface area contributed by atoms with E-state index in [0.29, 0.717) is 12.1 Å². The lowest BCUT2D eigenvalue weighted by Crippen LogP contribution is -2.25. The summed E-state index contributed by atoms with van der Waals surface area (Å²) in [5.41, 5.74) is 5.57. The monoisotopic (exact) mass is 283 g/mol. The zero-order valence-corrected chi connectivity index (χ0v) is 13.1. The summed E-state index contributed by atoms with van der Waals surface area (Å²) >= 11 is 1.96. The summed E-state index contributed by atoms with van der Waals surface area (Å²) in [4.78, 5) is 1.43. The van der Waals surface area contributed by atoms with Crippen LogP contribution in [-0.2, 0) is 0 Å². The van der Waals surface area contributed by atoms with Crippen molar-refractivity contribution in [1.82, 2.24) is 5.32 Å². The molecule has 2 heteroatoms. The summed E-state index contributed by atoms with van der Waals surface area (Å²) in [6, 6.07) is 16.3. The van der Waals surface area contributed by atoms with E-state index in [1.165, 1.54) is 27.1 Å². The number of benzene rings is 2. The molecule has 2 atom stereocenters. The maximum absolute atomic E-state index is 3.80. The molecule has 2 aromatic carbocycles. The lowest BCUT2D eigenvalue weighted by atomic mass is 9.98. The minimum Gasteiger partial charge on any atom is -0.303 e. The normalized spacial score (nSPS) is 18.9. The Bertz CT molecular complexity index is 621. The number of nitrogens with one attached hydrogen (secondary N) is 1. The molecule has 0 saturated carbocycles. The fourth-order valence-corrected chi connectivity index (χ4v) is 4.09. The van der Waals surface area contributed by atoms with Gasteiger partial charge in [0.15, 0.2) is 0 Å². The largest absolute Gasteiger partial charge is 0.303 e. The second-order valence-electron chi connectivity index (χ2n) is 5.65. The van der Waals surface area contributed by atoms with Gasteiger partial charge in [-0.2, -0.15) is 0 Å². The molecule has 1 aliphatic heterocycles. The summed E-state index contributed by atoms with van der Waals surface area (Å²) in [7, 11) is 0. The van der Waals surface area contributed by atoms with Crippen LogP contribution in [0.2, 0.25) is 0 Å². The Labute approximate surface area is 125 Å². The zero-order chi connectivity index (χ0) is 14.1. The Morgan fingerprint density at radius 1 is 1.15 bits per heavy atom. The van der Waals surface area contributed by atoms with E-state index in [-0.39, 0.29) is 0 Å². The highest BCUT2D eigenvalue weighted by atomic mass is 32.2. The zero-order valence-electron chi connectivity index (χ0n) is 12.3. The van der Waals surface area contributed by atoms with Crippen LogP contribution in [0.25, 0.3) is 0 Å². The number of thioether (sulfide) groups is 1. The Morgan fingerprint density at radius 2 is 1.95 bits per heavy atom. The lowest BCUT2D eigenvalue weighted by molar-refractivity contribution is 0.499. The second kappa shape index (κ2) is 5.63. The molecule has 0 aromatic heterocycles. The molecular formula is C18H21NS. The van der Waals surface area contributed by atoms with Crippen LogP contribution >= 0.6 is 11.8 Å². The van der Waals surface area contributed by atoms with Crippen molar-refractivity contribution in [3.05, 3.63) is 64.7 Å². The van der Waals surface area contributed by atoms with Crippen LogP contribution in [0.15, 0.2) is 47.4 Å². The summed E-state index contributed by atoms with van der Waals surface area (Å²) < 4.78 is 0. The predicted molar refractivity (Wildman–Crippen MR) is 87.4 cm³/mol. The first-order chi connectivity index (χ1) is 9.65. The smallest absolute Gasteiger partial charge is 0.0431 e. The summed E-state index contributed by atoms with van der Waals surface area (Å²) in [5, 5.41) is 3.80. The molecule has 1 heterocycles. The van der Waals surface area contributed by atoms with Crippen molar-refractivity contribution >= 4 is 11.8 Å². The molecule has 2 aromatic rings. The first-order valence-corrected chi connectivity index (χ1v) is 8.18. The Balaban J connectivity index is 1.80. The Morgan fingerprint density at radius 3 is 2.80 bits per heavy atom. The van der Waals surface area contributed by atoms with Crippen LogP contribution in [0, 0.1) is 13.8 Å². The average molecular weight is 283 g/mol. The molecule has 0 saturated heterocycles. The van der Waals surface area contributed by atoms with Crippen LogP contribution in [0.1, 0.15) is 41.3 Å². The highest BCUT2D eigenvalue weighted by Gasteiger charge is 2.24. The van der Waals surface area contributed by atoms with E-state index in [0.717, 1.165) is 5.75 Å². The van der Waals surface area contributed by atoms with Gasteiger partial charge in [-0.3, -0.25) is 0 Å². The molecule has 104 valence electrons. The van der Waals surface area contributed by atoms with Gasteiger partial charge in [0.1, 0.15) is 0 Å². The molecule has 0 spiro atoms. The maximum Gasteiger partial charge on any atom is 0.0431 e. The van der Waals surface area contributed by atoms with Crippen molar-refractivity contribution in [2.75, 3.05) is 5.75 Å². The van der Waals surface area contributed by atoms with Crippen molar-refractivity contribution in [1.29, 1.82) is 0 Å². The summed E-state index contributed by atoms with van der Waals surface area (Å²) in [6.07, 6.45) is 0. The number of hydrogen-bond acceptors (Lipinski definition) is 2. The van der Waals surface area contributed by atoms with E-state index in [9.17, 15) is 0 Å². The minimum absolute atomic E-state index is 0.381. The van der Waals surface area contributed by atoms with Gasteiger partial charge >= 0.3 is 0 Å². The van der Waals surface area contributed by atoms with Crippen molar-refractivity contribution < 1.29 is 0 Å². The van der Waals surface area contributed by atoms with Crippen LogP contribution < -0.4 is 5.32 Å². The molecule has 2 unspecified atom stereocenters. The van der Waals surface area contributed by atoms with Gasteiger partial charge in [0.2, 0.25) is 0 Å². The fourth-order valence-electron chi connectivity index (χ4n) is 2.92. The Kier molecular flexibility index (Phi) is 3.86. The van der Waals surface area contributed by atoms with E-state index in [4.69, 9.17) is 0 Å². The first-order valence-electron chi connectivity index (χ1n) is 7.20. The third-order valence-electron chi connectivity index (χ3n) is 4.05. The quantitative estimate of drug-likeness (QED) is 0.868. The van der Waals surface area contributed by atoms with Gasteiger partial charge < -0.3 is 5.32 Å². The van der Waals surface area contributed by atoms with Gasteiger partial charge in [-0.05, 0) is 43.5 Å². The van der Waals surface area contributed by atoms with Crippen molar-refractivity contribution in [3.8, 4) is 0 Å². The molecule has 1 nitrogen and oxygen atoms in total. The molecule has 0 fully saturated rings. The standard InChI is InChI=1S/C18H21NS/c1-12-8-9-13(2)16(10-12)14(3)19-17-11-20-18-7-5-4-6-15(17)18/h4-10,14,17,19H,11H2,1-3H3. The molecule has 0 radical (unpaired) electrons. The molecule has 0 bridgehead atoms. The topological polar surface area (TPSA) is 12.0 Å². The van der Waals surface area contributed by atoms with E-state index >= 15 is 0 Å². The predicted octanol–water partition coefficient (Wildman–Crippen LogP) is 4.80. The van der Waals surface area contributed by atoms with E-state index in [2.05, 4.69) is 68.6 Å². The number of hydrogen-bond donors (Lipinski definition) is 1. The van der Waals surface area contributed by atoms with Crippen molar-refractivity contribution in [2.45, 2.75) is 37.8 Å². The molecule has 1 aliphatic rings. The van der Waals surface area contributed by atoms with E-state index in [1.54, 1.807) is 0 Å². The van der Waals surface area contributed by atoms with Gasteiger partial charge in [-0.15, -0.1) is 11.8 Å². The molecule has 1 N–H and O–H groups in total. The van der Waals surface area contributed by atoms with Crippen LogP contribution in [0.5, 0.6) is 0 Å². The number of fused-ring (bicyclic) bond motifs is 1. The maximum atomic E-state index is 3.80. The fraction of sp³-hybridized carbons (Fsp3) is 0.333. The van der Waals surface area contributed by atoms with Gasteiger partial charge in [-0.1, -0.05) is 42.0 Å². The van der Waals surface area contributed by atoms with Gasteiger partial charge in [0.05, 0.1) is 0 Å². The van der Waals surface area contributed by atoms with Gasteiger partial charge in [0.25, 0.3) is 0 Å². The number of aryl methyl sites for hydroxylation is 2. The molecule has 0 amide bonds. The number of rotatable bonds is 3. The summed E-state index contributed by atoms with van der Waals surface area (Å²) in [5.74, 6) is 1.13. The van der Waals surface area contributed by atoms with Crippen LogP contribution in [-0.4, -0.2) is 5.75 Å². The third-order valence-corrected chi connectivity index (χ3v) is 5.24. The molecule has 0 aliphatic carbocycles. The lowest BCUT2D eigenvalue weighted by Gasteiger charge is -2.22. The molecular weight excluding hydrogens is 262 g/mol. The minimum atomic E-state index is 0.381. The second-order valence-corrected chi connectivity index (χ2v) is 6.71. The highest BCUT2D eigenvalue weighted by molar-refractivity contribution is 7.99. The van der Waals surface area contributed by atoms with Gasteiger partial charge in [-0.25, -0.2) is 0 Å². The van der Waals surface area contributed by atoms with E-state index in [1.807, 2.05) is 11.8 Å². The third kappa shape index (κ3) is 2.63. The average Bonchev–Trinajstić information content (AvgIpc) is 2.85. The van der Waals surface area contributed by atoms with Crippen LogP contribution in [0.3, 0.4) is 0 Å². The Hall–Kier alpha value is -1.25. The van der Waals surface area contributed by atoms with Gasteiger partial charge in [0, 0.05) is 22.7 Å². The van der Waals surface area contributed by atoms with Crippen molar-refractivity contribution in [2.24, 2.45) is 0 Å². The van der Waals surface area contributed by atoms with Crippen molar-refractivity contribution in [3.63, 3.8) is 0 Å².